The summed E-state index contributed by atoms with van der Waals surface area (Å²) in [4.78, 5) is 22.3. The Morgan fingerprint density at radius 3 is 1.87 bits per heavy atom. The van der Waals surface area contributed by atoms with E-state index in [1.54, 1.807) is 6.08 Å². The fourth-order valence-corrected chi connectivity index (χ4v) is 5.01. The predicted octanol–water partition coefficient (Wildman–Crippen LogP) is 6.93. The second kappa shape index (κ2) is 26.5. The molecule has 0 aromatic rings. The van der Waals surface area contributed by atoms with Gasteiger partial charge in [-0.25, -0.2) is 4.57 Å². The quantitative estimate of drug-likeness (QED) is 0.0462. The van der Waals surface area contributed by atoms with Crippen LogP contribution in [0.15, 0.2) is 12.2 Å². The number of rotatable bonds is 28. The van der Waals surface area contributed by atoms with Gasteiger partial charge in [0.05, 0.1) is 25.4 Å². The van der Waals surface area contributed by atoms with Crippen LogP contribution in [0.4, 0.5) is 0 Å². The van der Waals surface area contributed by atoms with Crippen LogP contribution in [0.25, 0.3) is 0 Å². The van der Waals surface area contributed by atoms with E-state index in [4.69, 9.17) is 14.8 Å². The van der Waals surface area contributed by atoms with Crippen molar-refractivity contribution in [2.75, 3.05) is 19.8 Å². The lowest BCUT2D eigenvalue weighted by molar-refractivity contribution is -0.123. The van der Waals surface area contributed by atoms with Crippen LogP contribution in [-0.2, 0) is 18.4 Å². The second-order valence-corrected chi connectivity index (χ2v) is 11.8. The van der Waals surface area contributed by atoms with Gasteiger partial charge in [-0.3, -0.25) is 13.8 Å². The highest BCUT2D eigenvalue weighted by Crippen LogP contribution is 2.43. The summed E-state index contributed by atoms with van der Waals surface area (Å²) in [7, 11) is -4.31. The lowest BCUT2D eigenvalue weighted by Gasteiger charge is -2.23. The van der Waals surface area contributed by atoms with E-state index in [0.717, 1.165) is 38.5 Å². The lowest BCUT2D eigenvalue weighted by atomic mass is 10.1. The fourth-order valence-electron chi connectivity index (χ4n) is 4.25. The molecule has 0 aromatic heterocycles. The Morgan fingerprint density at radius 2 is 1.34 bits per heavy atom. The van der Waals surface area contributed by atoms with Gasteiger partial charge in [-0.15, -0.1) is 0 Å². The SMILES string of the molecule is CCCCCCCCCC/C=C/[C@@H](O)[C@H](COP(=O)(O)OCCN)NC(=O)CCCCCCCCCCC. The summed E-state index contributed by atoms with van der Waals surface area (Å²) in [5, 5.41) is 13.4. The van der Waals surface area contributed by atoms with Crippen LogP contribution in [0, 0.1) is 0 Å². The van der Waals surface area contributed by atoms with Gasteiger partial charge < -0.3 is 21.1 Å². The summed E-state index contributed by atoms with van der Waals surface area (Å²) < 4.78 is 21.8. The number of nitrogens with one attached hydrogen (secondary N) is 1. The zero-order chi connectivity index (χ0) is 28.3. The van der Waals surface area contributed by atoms with Gasteiger partial charge >= 0.3 is 7.82 Å². The Labute approximate surface area is 233 Å². The molecule has 1 amide bonds. The highest BCUT2D eigenvalue weighted by molar-refractivity contribution is 7.47. The van der Waals surface area contributed by atoms with Crippen molar-refractivity contribution in [1.82, 2.24) is 5.32 Å². The minimum Gasteiger partial charge on any atom is -0.387 e. The van der Waals surface area contributed by atoms with Crippen molar-refractivity contribution in [3.8, 4) is 0 Å². The number of nitrogens with two attached hydrogens (primary N) is 1. The number of hydrogen-bond acceptors (Lipinski definition) is 6. The first-order valence-corrected chi connectivity index (χ1v) is 16.8. The molecule has 226 valence electrons. The van der Waals surface area contributed by atoms with Crippen molar-refractivity contribution < 1.29 is 28.4 Å². The second-order valence-electron chi connectivity index (χ2n) is 10.3. The molecule has 0 rings (SSSR count). The molecule has 0 aliphatic carbocycles. The number of amides is 1. The monoisotopic (exact) mass is 562 g/mol. The summed E-state index contributed by atoms with van der Waals surface area (Å²) in [6.07, 6.45) is 24.0. The zero-order valence-electron chi connectivity index (χ0n) is 24.4. The molecule has 0 fully saturated rings. The van der Waals surface area contributed by atoms with Crippen LogP contribution < -0.4 is 11.1 Å². The molecule has 3 atom stereocenters. The third kappa shape index (κ3) is 24.3. The van der Waals surface area contributed by atoms with Gasteiger partial charge in [0.2, 0.25) is 5.91 Å². The molecule has 0 saturated carbocycles. The van der Waals surface area contributed by atoms with Crippen molar-refractivity contribution in [3.63, 3.8) is 0 Å². The summed E-state index contributed by atoms with van der Waals surface area (Å²) in [6.45, 7) is 4.05. The van der Waals surface area contributed by atoms with Gasteiger partial charge in [0.25, 0.3) is 0 Å². The molecule has 0 aliphatic rings. The first kappa shape index (κ1) is 37.2. The van der Waals surface area contributed by atoms with Gasteiger partial charge in [0.15, 0.2) is 0 Å². The average Bonchev–Trinajstić information content (AvgIpc) is 2.89. The molecule has 0 aromatic carbocycles. The normalized spacial score (nSPS) is 15.0. The van der Waals surface area contributed by atoms with E-state index >= 15 is 0 Å². The van der Waals surface area contributed by atoms with Crippen LogP contribution >= 0.6 is 7.82 Å². The first-order chi connectivity index (χ1) is 18.4. The highest BCUT2D eigenvalue weighted by atomic mass is 31.2. The Hall–Kier alpha value is -0.760. The molecule has 0 heterocycles. The summed E-state index contributed by atoms with van der Waals surface area (Å²) in [5.41, 5.74) is 5.32. The maximum absolute atomic E-state index is 12.5. The molecule has 9 heteroatoms. The smallest absolute Gasteiger partial charge is 0.387 e. The first-order valence-electron chi connectivity index (χ1n) is 15.3. The minimum atomic E-state index is -4.31. The molecule has 38 heavy (non-hydrogen) atoms. The predicted molar refractivity (Wildman–Crippen MR) is 157 cm³/mol. The van der Waals surface area contributed by atoms with E-state index < -0.39 is 20.0 Å². The summed E-state index contributed by atoms with van der Waals surface area (Å²) >= 11 is 0. The molecule has 0 saturated heterocycles. The third-order valence-electron chi connectivity index (χ3n) is 6.61. The average molecular weight is 563 g/mol. The molecule has 1 unspecified atom stereocenters. The molecular formula is C29H59N2O6P. The van der Waals surface area contributed by atoms with Gasteiger partial charge in [-0.2, -0.15) is 0 Å². The standard InChI is InChI=1S/C29H59N2O6P/c1-3-5-7-9-11-13-15-16-18-20-22-28(32)27(26-37-38(34,35)36-25-24-30)31-29(33)23-21-19-17-14-12-10-8-6-4-2/h20,22,27-28,32H,3-19,21,23-26,30H2,1-2H3,(H,31,33)(H,34,35)/b22-20+/t27-,28+/m0/s1. The number of phosphoric acid groups is 1. The Bertz CT molecular complexity index is 620. The number of hydrogen-bond donors (Lipinski definition) is 4. The van der Waals surface area contributed by atoms with Crippen LogP contribution in [0.3, 0.4) is 0 Å². The van der Waals surface area contributed by atoms with Crippen molar-refractivity contribution in [2.24, 2.45) is 5.73 Å². The molecule has 5 N–H and O–H groups in total. The molecular weight excluding hydrogens is 503 g/mol. The lowest BCUT2D eigenvalue weighted by Crippen LogP contribution is -2.45. The van der Waals surface area contributed by atoms with Crippen LogP contribution in [0.5, 0.6) is 0 Å². The molecule has 0 spiro atoms. The minimum absolute atomic E-state index is 0.0803. The van der Waals surface area contributed by atoms with E-state index in [1.165, 1.54) is 77.0 Å². The maximum Gasteiger partial charge on any atom is 0.472 e. The van der Waals surface area contributed by atoms with Crippen molar-refractivity contribution in [1.29, 1.82) is 0 Å². The fraction of sp³-hybridized carbons (Fsp3) is 0.897. The van der Waals surface area contributed by atoms with Crippen LogP contribution in [0.2, 0.25) is 0 Å². The van der Waals surface area contributed by atoms with Crippen LogP contribution in [0.1, 0.15) is 136 Å². The number of carbonyl (C=O) groups is 1. The molecule has 0 radical (unpaired) electrons. The highest BCUT2D eigenvalue weighted by Gasteiger charge is 2.26. The molecule has 8 nitrogen and oxygen atoms in total. The maximum atomic E-state index is 12.5. The van der Waals surface area contributed by atoms with E-state index in [0.29, 0.717) is 6.42 Å². The number of phosphoric ester groups is 1. The molecule has 0 bridgehead atoms. The topological polar surface area (TPSA) is 131 Å². The van der Waals surface area contributed by atoms with Gasteiger partial charge in [0.1, 0.15) is 0 Å². The number of aliphatic hydroxyl groups is 1. The summed E-state index contributed by atoms with van der Waals surface area (Å²) in [5.74, 6) is -0.201. The Kier molecular flexibility index (Phi) is 25.9. The van der Waals surface area contributed by atoms with Crippen LogP contribution in [-0.4, -0.2) is 47.8 Å². The van der Waals surface area contributed by atoms with Gasteiger partial charge in [-0.1, -0.05) is 122 Å². The third-order valence-corrected chi connectivity index (χ3v) is 7.60. The Balaban J connectivity index is 4.48. The van der Waals surface area contributed by atoms with E-state index in [9.17, 15) is 19.4 Å². The Morgan fingerprint density at radius 1 is 0.842 bits per heavy atom. The van der Waals surface area contributed by atoms with Gasteiger partial charge in [-0.05, 0) is 19.3 Å². The van der Waals surface area contributed by atoms with Crippen molar-refractivity contribution in [2.45, 2.75) is 148 Å². The van der Waals surface area contributed by atoms with E-state index in [1.807, 2.05) is 6.08 Å². The number of allylic oxidation sites excluding steroid dienone is 1. The molecule has 0 aliphatic heterocycles. The van der Waals surface area contributed by atoms with Crippen molar-refractivity contribution >= 4 is 13.7 Å². The number of aliphatic hydroxyl groups excluding tert-OH is 1. The summed E-state index contributed by atoms with van der Waals surface area (Å²) in [6, 6.07) is -0.849. The van der Waals surface area contributed by atoms with E-state index in [2.05, 4.69) is 19.2 Å². The van der Waals surface area contributed by atoms with Crippen molar-refractivity contribution in [3.05, 3.63) is 12.2 Å². The largest absolute Gasteiger partial charge is 0.472 e. The number of unbranched alkanes of at least 4 members (excludes halogenated alkanes) is 16. The number of carbonyl (C=O) groups excluding carboxylic acids is 1. The zero-order valence-corrected chi connectivity index (χ0v) is 25.3. The van der Waals surface area contributed by atoms with E-state index in [-0.39, 0.29) is 25.7 Å². The van der Waals surface area contributed by atoms with Gasteiger partial charge in [0, 0.05) is 13.0 Å².